The van der Waals surface area contributed by atoms with Gasteiger partial charge in [-0.25, -0.2) is 0 Å². The minimum Gasteiger partial charge on any atom is -0.427 e. The molecular formula is C21H27BN3O3. The third-order valence-corrected chi connectivity index (χ3v) is 6.21. The molecule has 1 fully saturated rings. The molecule has 1 amide bonds. The van der Waals surface area contributed by atoms with E-state index in [2.05, 4.69) is 17.4 Å². The Labute approximate surface area is 166 Å². The van der Waals surface area contributed by atoms with Crippen LogP contribution in [0.1, 0.15) is 43.7 Å². The Kier molecular flexibility index (Phi) is 4.45. The number of hydrogen-bond donors (Lipinski definition) is 2. The maximum Gasteiger partial charge on any atom is 0.332 e. The molecular weight excluding hydrogens is 353 g/mol. The third-order valence-electron chi connectivity index (χ3n) is 6.21. The van der Waals surface area contributed by atoms with Crippen LogP contribution in [0.3, 0.4) is 0 Å². The van der Waals surface area contributed by atoms with Crippen molar-refractivity contribution in [2.24, 2.45) is 0 Å². The van der Waals surface area contributed by atoms with Gasteiger partial charge in [0.1, 0.15) is 11.4 Å². The van der Waals surface area contributed by atoms with Crippen LogP contribution in [0.4, 0.5) is 0 Å². The maximum atomic E-state index is 13.2. The molecule has 0 spiro atoms. The molecule has 0 saturated carbocycles. The van der Waals surface area contributed by atoms with Gasteiger partial charge in [0.15, 0.2) is 0 Å². The largest absolute Gasteiger partial charge is 0.427 e. The van der Waals surface area contributed by atoms with Crippen molar-refractivity contribution < 1.29 is 14.6 Å². The molecule has 2 aromatic rings. The lowest BCUT2D eigenvalue weighted by atomic mass is 9.84. The summed E-state index contributed by atoms with van der Waals surface area (Å²) in [6.45, 7) is 9.22. The van der Waals surface area contributed by atoms with E-state index in [-0.39, 0.29) is 5.91 Å². The summed E-state index contributed by atoms with van der Waals surface area (Å²) in [6, 6.07) is 12.0. The normalized spacial score (nSPS) is 22.2. The first kappa shape index (κ1) is 19.2. The molecule has 147 valence electrons. The second kappa shape index (κ2) is 6.47. The molecule has 2 N–H and O–H groups in total. The number of amides is 1. The summed E-state index contributed by atoms with van der Waals surface area (Å²) in [6.07, 6.45) is 1.94. The minimum atomic E-state index is -0.997. The smallest absolute Gasteiger partial charge is 0.332 e. The molecule has 4 rings (SSSR count). The molecule has 1 atom stereocenters. The fraction of sp³-hybridized carbons (Fsp3) is 0.476. The van der Waals surface area contributed by atoms with Crippen LogP contribution in [-0.4, -0.2) is 52.3 Å². The fourth-order valence-corrected chi connectivity index (χ4v) is 3.79. The molecule has 6 nitrogen and oxygen atoms in total. The van der Waals surface area contributed by atoms with Crippen LogP contribution in [0, 0.1) is 0 Å². The quantitative estimate of drug-likeness (QED) is 0.766. The molecule has 1 radical (unpaired) electrons. The second-order valence-electron chi connectivity index (χ2n) is 8.70. The first-order valence-corrected chi connectivity index (χ1v) is 9.70. The zero-order chi connectivity index (χ0) is 20.2. The summed E-state index contributed by atoms with van der Waals surface area (Å²) in [5, 5.41) is 13.8. The lowest BCUT2D eigenvalue weighted by Gasteiger charge is -2.43. The number of nitrogens with zero attached hydrogens (tertiary/aromatic N) is 2. The summed E-state index contributed by atoms with van der Waals surface area (Å²) in [7, 11) is 1.63. The van der Waals surface area contributed by atoms with Gasteiger partial charge in [-0.15, -0.1) is 0 Å². The maximum absolute atomic E-state index is 13.2. The zero-order valence-electron chi connectivity index (χ0n) is 16.9. The highest BCUT2D eigenvalue weighted by molar-refractivity contribution is 6.47. The fourth-order valence-electron chi connectivity index (χ4n) is 3.79. The molecule has 7 heteroatoms. The highest BCUT2D eigenvalue weighted by Crippen LogP contribution is 2.36. The van der Waals surface area contributed by atoms with Gasteiger partial charge in [-0.3, -0.25) is 10.1 Å². The number of aliphatic hydroxyl groups is 1. The van der Waals surface area contributed by atoms with Gasteiger partial charge in [0, 0.05) is 19.3 Å². The molecule has 2 aliphatic heterocycles. The van der Waals surface area contributed by atoms with Gasteiger partial charge >= 0.3 is 7.48 Å². The summed E-state index contributed by atoms with van der Waals surface area (Å²) < 4.78 is 7.86. The van der Waals surface area contributed by atoms with Crippen molar-refractivity contribution in [3.8, 4) is 0 Å². The molecule has 0 aliphatic carbocycles. The first-order valence-electron chi connectivity index (χ1n) is 9.70. The first-order chi connectivity index (χ1) is 13.1. The molecule has 1 unspecified atom stereocenters. The van der Waals surface area contributed by atoms with Crippen LogP contribution in [0.15, 0.2) is 42.6 Å². The van der Waals surface area contributed by atoms with E-state index in [1.807, 2.05) is 53.8 Å². The van der Waals surface area contributed by atoms with E-state index in [4.69, 9.17) is 4.65 Å². The monoisotopic (exact) mass is 380 g/mol. The van der Waals surface area contributed by atoms with Gasteiger partial charge in [-0.1, -0.05) is 30.3 Å². The SMILES string of the molecule is CC(C)(O)C(C)(C)O[B]c1cc2n(c1)CC1(c3ccccc3)NCCN1C2=O. The van der Waals surface area contributed by atoms with E-state index in [9.17, 15) is 9.90 Å². The minimum absolute atomic E-state index is 0.0153. The Morgan fingerprint density at radius 1 is 1.21 bits per heavy atom. The average molecular weight is 380 g/mol. The number of carbonyl (C=O) groups excluding carboxylic acids is 1. The number of aromatic nitrogens is 1. The van der Waals surface area contributed by atoms with Crippen molar-refractivity contribution in [2.45, 2.75) is 51.1 Å². The van der Waals surface area contributed by atoms with Crippen LogP contribution in [0.2, 0.25) is 0 Å². The van der Waals surface area contributed by atoms with E-state index in [1.54, 1.807) is 21.3 Å². The Balaban J connectivity index is 1.62. The van der Waals surface area contributed by atoms with Crippen molar-refractivity contribution in [1.29, 1.82) is 0 Å². The topological polar surface area (TPSA) is 66.7 Å². The Morgan fingerprint density at radius 3 is 2.61 bits per heavy atom. The molecule has 3 heterocycles. The number of benzene rings is 1. The van der Waals surface area contributed by atoms with Gasteiger partial charge < -0.3 is 19.2 Å². The third kappa shape index (κ3) is 2.98. The number of carbonyl (C=O) groups is 1. The van der Waals surface area contributed by atoms with E-state index in [1.165, 1.54) is 0 Å². The predicted molar refractivity (Wildman–Crippen MR) is 108 cm³/mol. The molecule has 1 aromatic carbocycles. The highest BCUT2D eigenvalue weighted by atomic mass is 16.5. The summed E-state index contributed by atoms with van der Waals surface area (Å²) in [5.74, 6) is 0.0153. The van der Waals surface area contributed by atoms with Crippen LogP contribution in [0.25, 0.3) is 0 Å². The average Bonchev–Trinajstić information content (AvgIpc) is 3.25. The molecule has 2 aliphatic rings. The van der Waals surface area contributed by atoms with Crippen LogP contribution >= 0.6 is 0 Å². The summed E-state index contributed by atoms with van der Waals surface area (Å²) in [4.78, 5) is 15.2. The molecule has 28 heavy (non-hydrogen) atoms. The van der Waals surface area contributed by atoms with Crippen molar-refractivity contribution in [1.82, 2.24) is 14.8 Å². The van der Waals surface area contributed by atoms with Gasteiger partial charge in [0.25, 0.3) is 5.91 Å². The Bertz CT molecular complexity index is 888. The van der Waals surface area contributed by atoms with Crippen LogP contribution in [0.5, 0.6) is 0 Å². The lowest BCUT2D eigenvalue weighted by Crippen LogP contribution is -2.57. The standard InChI is InChI=1S/C21H27BN3O3/c1-19(2,27)20(3,4)28-22-16-12-17-18(26)25-11-10-23-21(25,14-24(17)13-16)15-8-6-5-7-9-15/h5-9,12-13,23,27H,10-11,14H2,1-4H3. The molecule has 1 aromatic heterocycles. The van der Waals surface area contributed by atoms with Gasteiger partial charge in [0.05, 0.1) is 17.7 Å². The van der Waals surface area contributed by atoms with Crippen LogP contribution < -0.4 is 10.8 Å². The lowest BCUT2D eigenvalue weighted by molar-refractivity contribution is -0.0893. The van der Waals surface area contributed by atoms with E-state index < -0.39 is 16.9 Å². The number of fused-ring (bicyclic) bond motifs is 2. The Morgan fingerprint density at radius 2 is 1.93 bits per heavy atom. The summed E-state index contributed by atoms with van der Waals surface area (Å²) >= 11 is 0. The van der Waals surface area contributed by atoms with Crippen molar-refractivity contribution in [3.05, 3.63) is 53.9 Å². The predicted octanol–water partition coefficient (Wildman–Crippen LogP) is 1.21. The zero-order valence-corrected chi connectivity index (χ0v) is 16.9. The van der Waals surface area contributed by atoms with Crippen LogP contribution in [-0.2, 0) is 16.9 Å². The van der Waals surface area contributed by atoms with Gasteiger partial charge in [-0.2, -0.15) is 0 Å². The number of rotatable bonds is 5. The van der Waals surface area contributed by atoms with Gasteiger partial charge in [0.2, 0.25) is 0 Å². The molecule has 1 saturated heterocycles. The Hall–Kier alpha value is -2.09. The van der Waals surface area contributed by atoms with E-state index >= 15 is 0 Å². The van der Waals surface area contributed by atoms with E-state index in [0.29, 0.717) is 18.8 Å². The molecule has 0 bridgehead atoms. The van der Waals surface area contributed by atoms with Gasteiger partial charge in [-0.05, 0) is 44.8 Å². The van der Waals surface area contributed by atoms with Crippen molar-refractivity contribution >= 4 is 18.9 Å². The second-order valence-corrected chi connectivity index (χ2v) is 8.70. The number of nitrogens with one attached hydrogen (secondary N) is 1. The number of hydrogen-bond acceptors (Lipinski definition) is 4. The highest BCUT2D eigenvalue weighted by Gasteiger charge is 2.49. The van der Waals surface area contributed by atoms with Crippen molar-refractivity contribution in [3.63, 3.8) is 0 Å². The summed E-state index contributed by atoms with van der Waals surface area (Å²) in [5.41, 5.74) is 0.283. The van der Waals surface area contributed by atoms with Crippen molar-refractivity contribution in [2.75, 3.05) is 13.1 Å². The van der Waals surface area contributed by atoms with E-state index in [0.717, 1.165) is 17.6 Å².